The van der Waals surface area contributed by atoms with Gasteiger partial charge in [-0.2, -0.15) is 110 Å². The SMILES string of the molecule is CCC(O)C(F)(F)C(F)(F)C(F)(F)C(F)(F)C(F)(F)C(F)(F)C(F)(F)C(F)(F)C(F)(F)C(F)(F)C(F)(F)C(F)(F)F. The van der Waals surface area contributed by atoms with Crippen LogP contribution in [0, 0.1) is 0 Å². The molecule has 0 radical (unpaired) electrons. The quantitative estimate of drug-likeness (QED) is 0.206. The molecule has 0 aromatic rings. The van der Waals surface area contributed by atoms with Crippen LogP contribution < -0.4 is 0 Å². The molecule has 0 saturated carbocycles. The van der Waals surface area contributed by atoms with E-state index in [4.69, 9.17) is 5.11 Å². The Kier molecular flexibility index (Phi) is 9.19. The van der Waals surface area contributed by atoms with Gasteiger partial charge in [0.1, 0.15) is 6.10 Å². The maximum absolute atomic E-state index is 13.6. The number of hydrogen-bond donors (Lipinski definition) is 1. The highest BCUT2D eigenvalue weighted by Gasteiger charge is 2.99. The highest BCUT2D eigenvalue weighted by molar-refractivity contribution is 5.20. The van der Waals surface area contributed by atoms with Gasteiger partial charge in [0.25, 0.3) is 0 Å². The van der Waals surface area contributed by atoms with Crippen LogP contribution in [0.3, 0.4) is 0 Å². The Hall–Kier alpha value is -1.79. The molecule has 1 N–H and O–H groups in total. The van der Waals surface area contributed by atoms with Gasteiger partial charge in [-0.1, -0.05) is 6.92 Å². The van der Waals surface area contributed by atoms with Crippen molar-refractivity contribution in [1.82, 2.24) is 0 Å². The first-order valence-corrected chi connectivity index (χ1v) is 9.14. The number of hydrogen-bond acceptors (Lipinski definition) is 1. The second-order valence-corrected chi connectivity index (χ2v) is 7.79. The fourth-order valence-corrected chi connectivity index (χ4v) is 2.43. The van der Waals surface area contributed by atoms with E-state index in [9.17, 15) is 110 Å². The largest absolute Gasteiger partial charge is 0.460 e. The van der Waals surface area contributed by atoms with Gasteiger partial charge < -0.3 is 5.11 Å². The van der Waals surface area contributed by atoms with E-state index in [1.807, 2.05) is 0 Å². The molecule has 0 rings (SSSR count). The van der Waals surface area contributed by atoms with E-state index in [0.717, 1.165) is 0 Å². The molecule has 0 aliphatic heterocycles. The Bertz CT molecular complexity index is 941. The summed E-state index contributed by atoms with van der Waals surface area (Å²) in [5.41, 5.74) is 0. The zero-order valence-electron chi connectivity index (χ0n) is 18.2. The first kappa shape index (κ1) is 39.2. The minimum atomic E-state index is -9.61. The summed E-state index contributed by atoms with van der Waals surface area (Å²) >= 11 is 0. The van der Waals surface area contributed by atoms with Crippen molar-refractivity contribution in [3.05, 3.63) is 0 Å². The van der Waals surface area contributed by atoms with Gasteiger partial charge in [-0.25, -0.2) is 0 Å². The average Bonchev–Trinajstić information content (AvgIpc) is 2.75. The highest BCUT2D eigenvalue weighted by Crippen LogP contribution is 2.67. The molecule has 0 aromatic carbocycles. The predicted molar refractivity (Wildman–Crippen MR) is 76.8 cm³/mol. The average molecular weight is 678 g/mol. The first-order valence-electron chi connectivity index (χ1n) is 9.14. The number of halogens is 25. The van der Waals surface area contributed by atoms with Crippen molar-refractivity contribution >= 4 is 0 Å². The monoisotopic (exact) mass is 678 g/mol. The van der Waals surface area contributed by atoms with Crippen LogP contribution in [-0.4, -0.2) is 82.5 Å². The fraction of sp³-hybridized carbons (Fsp3) is 1.00. The van der Waals surface area contributed by atoms with Gasteiger partial charge in [0, 0.05) is 0 Å². The molecular formula is C15H7F25O. The number of aliphatic hydroxyl groups is 1. The maximum Gasteiger partial charge on any atom is 0.460 e. The van der Waals surface area contributed by atoms with E-state index in [-0.39, 0.29) is 6.92 Å². The lowest BCUT2D eigenvalue weighted by molar-refractivity contribution is -0.483. The zero-order chi connectivity index (χ0) is 34.3. The number of rotatable bonds is 12. The van der Waals surface area contributed by atoms with Gasteiger partial charge in [-0.3, -0.25) is 0 Å². The van der Waals surface area contributed by atoms with Crippen molar-refractivity contribution < 1.29 is 115 Å². The van der Waals surface area contributed by atoms with Crippen LogP contribution in [0.4, 0.5) is 110 Å². The predicted octanol–water partition coefficient (Wildman–Crippen LogP) is 8.31. The maximum atomic E-state index is 13.6. The first-order chi connectivity index (χ1) is 17.2. The number of alkyl halides is 25. The van der Waals surface area contributed by atoms with Crippen molar-refractivity contribution in [3.8, 4) is 0 Å². The third kappa shape index (κ3) is 4.53. The van der Waals surface area contributed by atoms with E-state index < -0.39 is 83.8 Å². The van der Waals surface area contributed by atoms with E-state index in [2.05, 4.69) is 0 Å². The van der Waals surface area contributed by atoms with Gasteiger partial charge in [0.15, 0.2) is 0 Å². The highest BCUT2D eigenvalue weighted by atomic mass is 19.4. The molecular weight excluding hydrogens is 671 g/mol. The second-order valence-electron chi connectivity index (χ2n) is 7.79. The number of aliphatic hydroxyl groups excluding tert-OH is 1. The topological polar surface area (TPSA) is 20.2 Å². The van der Waals surface area contributed by atoms with Crippen LogP contribution >= 0.6 is 0 Å². The standard InChI is InChI=1S/C15H7F25O/c1-2-3(41)4(16,17)5(18,19)6(20,21)7(22,23)8(24,25)9(26,27)10(28,29)11(30,31)12(32,33)13(34,35)14(36,37)15(38,39)40/h3,41H,2H2,1H3. The molecule has 0 amide bonds. The molecule has 0 saturated heterocycles. The van der Waals surface area contributed by atoms with Crippen LogP contribution in [-0.2, 0) is 0 Å². The molecule has 1 atom stereocenters. The van der Waals surface area contributed by atoms with Crippen molar-refractivity contribution in [2.75, 3.05) is 0 Å². The zero-order valence-corrected chi connectivity index (χ0v) is 18.2. The molecule has 0 aliphatic carbocycles. The molecule has 0 aliphatic rings. The summed E-state index contributed by atoms with van der Waals surface area (Å²) < 4.78 is 330. The summed E-state index contributed by atoms with van der Waals surface area (Å²) in [5, 5.41) is 8.58. The van der Waals surface area contributed by atoms with Gasteiger partial charge in [0.05, 0.1) is 0 Å². The normalized spacial score (nSPS) is 17.6. The Balaban J connectivity index is 7.36. The molecule has 1 nitrogen and oxygen atoms in total. The summed E-state index contributed by atoms with van der Waals surface area (Å²) in [7, 11) is 0. The van der Waals surface area contributed by atoms with E-state index in [1.165, 1.54) is 0 Å². The van der Waals surface area contributed by atoms with Gasteiger partial charge >= 0.3 is 71.3 Å². The molecule has 0 spiro atoms. The molecule has 0 bridgehead atoms. The smallest absolute Gasteiger partial charge is 0.387 e. The van der Waals surface area contributed by atoms with Crippen molar-refractivity contribution in [3.63, 3.8) is 0 Å². The van der Waals surface area contributed by atoms with Gasteiger partial charge in [-0.05, 0) is 6.42 Å². The van der Waals surface area contributed by atoms with Crippen LogP contribution in [0.5, 0.6) is 0 Å². The third-order valence-electron chi connectivity index (χ3n) is 5.13. The molecule has 0 fully saturated rings. The Morgan fingerprint density at radius 1 is 0.341 bits per heavy atom. The summed E-state index contributed by atoms with van der Waals surface area (Å²) in [6, 6.07) is 0. The lowest BCUT2D eigenvalue weighted by atomic mass is 9.84. The Morgan fingerprint density at radius 2 is 0.512 bits per heavy atom. The lowest BCUT2D eigenvalue weighted by Gasteiger charge is -2.45. The van der Waals surface area contributed by atoms with E-state index >= 15 is 0 Å². The summed E-state index contributed by atoms with van der Waals surface area (Å²) in [5.74, 6) is -99.0. The van der Waals surface area contributed by atoms with Gasteiger partial charge in [-0.15, -0.1) is 0 Å². The molecule has 26 heteroatoms. The van der Waals surface area contributed by atoms with Crippen LogP contribution in [0.15, 0.2) is 0 Å². The summed E-state index contributed by atoms with van der Waals surface area (Å²) in [6.45, 7) is 0.161. The summed E-state index contributed by atoms with van der Waals surface area (Å²) in [4.78, 5) is 0. The van der Waals surface area contributed by atoms with Crippen molar-refractivity contribution in [2.24, 2.45) is 0 Å². The van der Waals surface area contributed by atoms with E-state index in [0.29, 0.717) is 0 Å². The van der Waals surface area contributed by atoms with Crippen LogP contribution in [0.1, 0.15) is 13.3 Å². The van der Waals surface area contributed by atoms with E-state index in [1.54, 1.807) is 0 Å². The van der Waals surface area contributed by atoms with Crippen molar-refractivity contribution in [1.29, 1.82) is 0 Å². The molecule has 248 valence electrons. The van der Waals surface area contributed by atoms with Crippen LogP contribution in [0.25, 0.3) is 0 Å². The van der Waals surface area contributed by atoms with Gasteiger partial charge in [0.2, 0.25) is 0 Å². The summed E-state index contributed by atoms with van der Waals surface area (Å²) in [6.07, 6.45) is -14.3. The van der Waals surface area contributed by atoms with Crippen LogP contribution in [0.2, 0.25) is 0 Å². The molecule has 41 heavy (non-hydrogen) atoms. The molecule has 0 heterocycles. The fourth-order valence-electron chi connectivity index (χ4n) is 2.43. The molecule has 1 unspecified atom stereocenters. The third-order valence-corrected chi connectivity index (χ3v) is 5.13. The minimum Gasteiger partial charge on any atom is -0.387 e. The second kappa shape index (κ2) is 9.61. The Morgan fingerprint density at radius 3 is 0.683 bits per heavy atom. The molecule has 0 aromatic heterocycles. The lowest BCUT2D eigenvalue weighted by Crippen LogP contribution is -2.78. The van der Waals surface area contributed by atoms with Crippen molar-refractivity contribution in [2.45, 2.75) is 90.8 Å². The minimum absolute atomic E-state index is 0.161. The Labute approximate surface area is 207 Å².